The number of pyridine rings is 1. The Balaban J connectivity index is 1.60. The number of thioether (sulfide) groups is 1. The molecule has 0 radical (unpaired) electrons. The average molecular weight is 549 g/mol. The highest BCUT2D eigenvalue weighted by Gasteiger charge is 2.47. The molecule has 1 aliphatic rings. The minimum absolute atomic E-state index is 0.125. The van der Waals surface area contributed by atoms with Crippen molar-refractivity contribution in [3.8, 4) is 0 Å². The maximum absolute atomic E-state index is 13.3. The van der Waals surface area contributed by atoms with Crippen LogP contribution >= 0.6 is 23.4 Å². The molecule has 2 aromatic carbocycles. The summed E-state index contributed by atoms with van der Waals surface area (Å²) in [5.74, 6) is -2.64. The lowest BCUT2D eigenvalue weighted by Crippen LogP contribution is -2.55. The maximum Gasteiger partial charge on any atom is 0.471 e. The van der Waals surface area contributed by atoms with Crippen molar-refractivity contribution in [2.75, 3.05) is 16.8 Å². The van der Waals surface area contributed by atoms with Crippen LogP contribution in [0.1, 0.15) is 19.4 Å². The molecule has 0 aliphatic carbocycles. The molecule has 0 bridgehead atoms. The van der Waals surface area contributed by atoms with Crippen LogP contribution in [0, 0.1) is 0 Å². The van der Waals surface area contributed by atoms with Crippen molar-refractivity contribution >= 4 is 68.7 Å². The maximum atomic E-state index is 13.3. The smallest absolute Gasteiger partial charge is 0.394 e. The molecule has 2 heterocycles. The Labute approximate surface area is 219 Å². The SMILES string of the molecule is CC(C)(CO)N(C(=O)C(F)(F)F)c1ccc(Cl)c(NC2=NC(=O)C(=Cc3ccc4ncccc4c3)S2)c1. The molecule has 37 heavy (non-hydrogen) atoms. The van der Waals surface area contributed by atoms with Gasteiger partial charge < -0.3 is 10.4 Å². The van der Waals surface area contributed by atoms with Gasteiger partial charge in [0.1, 0.15) is 0 Å². The van der Waals surface area contributed by atoms with Gasteiger partial charge in [0.25, 0.3) is 5.91 Å². The zero-order valence-electron chi connectivity index (χ0n) is 19.5. The predicted octanol–water partition coefficient (Wildman–Crippen LogP) is 5.64. The number of hydrogen-bond acceptors (Lipinski definition) is 6. The molecule has 2 amide bonds. The monoisotopic (exact) mass is 548 g/mol. The van der Waals surface area contributed by atoms with E-state index in [0.717, 1.165) is 28.2 Å². The number of anilines is 2. The van der Waals surface area contributed by atoms with E-state index in [2.05, 4.69) is 15.3 Å². The molecule has 1 aromatic heterocycles. The number of nitrogens with one attached hydrogen (secondary N) is 1. The number of carbonyl (C=O) groups excluding carboxylic acids is 2. The molecule has 0 spiro atoms. The second-order valence-electron chi connectivity index (χ2n) is 8.69. The number of aromatic nitrogens is 1. The summed E-state index contributed by atoms with van der Waals surface area (Å²) in [5.41, 5.74) is -0.0156. The van der Waals surface area contributed by atoms with E-state index in [0.29, 0.717) is 9.81 Å². The van der Waals surface area contributed by atoms with E-state index in [4.69, 9.17) is 11.6 Å². The molecular weight excluding hydrogens is 529 g/mol. The third-order valence-corrected chi connectivity index (χ3v) is 6.66. The van der Waals surface area contributed by atoms with Crippen LogP contribution in [-0.2, 0) is 9.59 Å². The number of halogens is 4. The number of benzene rings is 2. The minimum Gasteiger partial charge on any atom is -0.394 e. The summed E-state index contributed by atoms with van der Waals surface area (Å²) in [5, 5.41) is 13.7. The lowest BCUT2D eigenvalue weighted by molar-refractivity contribution is -0.171. The van der Waals surface area contributed by atoms with E-state index < -0.39 is 30.1 Å². The van der Waals surface area contributed by atoms with Crippen LogP contribution in [0.2, 0.25) is 5.02 Å². The lowest BCUT2D eigenvalue weighted by atomic mass is 10.0. The molecule has 4 rings (SSSR count). The number of aliphatic hydroxyl groups excluding tert-OH is 1. The van der Waals surface area contributed by atoms with Crippen molar-refractivity contribution in [3.63, 3.8) is 0 Å². The summed E-state index contributed by atoms with van der Waals surface area (Å²) >= 11 is 7.28. The number of alkyl halides is 3. The third-order valence-electron chi connectivity index (χ3n) is 5.43. The van der Waals surface area contributed by atoms with Crippen LogP contribution in [0.15, 0.2) is 64.6 Å². The zero-order valence-corrected chi connectivity index (χ0v) is 21.1. The van der Waals surface area contributed by atoms with Gasteiger partial charge in [-0.25, -0.2) is 0 Å². The normalized spacial score (nSPS) is 15.3. The first-order valence-electron chi connectivity index (χ1n) is 10.9. The highest BCUT2D eigenvalue weighted by atomic mass is 35.5. The average Bonchev–Trinajstić information content (AvgIpc) is 3.18. The molecule has 1 aliphatic heterocycles. The molecule has 0 atom stereocenters. The predicted molar refractivity (Wildman–Crippen MR) is 140 cm³/mol. The first-order chi connectivity index (χ1) is 17.4. The van der Waals surface area contributed by atoms with Gasteiger partial charge in [0.15, 0.2) is 5.17 Å². The second-order valence-corrected chi connectivity index (χ2v) is 10.1. The molecule has 7 nitrogen and oxygen atoms in total. The van der Waals surface area contributed by atoms with E-state index in [1.807, 2.05) is 30.3 Å². The highest BCUT2D eigenvalue weighted by molar-refractivity contribution is 8.18. The van der Waals surface area contributed by atoms with Gasteiger partial charge in [0, 0.05) is 17.3 Å². The largest absolute Gasteiger partial charge is 0.471 e. The fourth-order valence-corrected chi connectivity index (χ4v) is 4.59. The summed E-state index contributed by atoms with van der Waals surface area (Å²) in [6.45, 7) is 1.87. The summed E-state index contributed by atoms with van der Waals surface area (Å²) in [4.78, 5) is 33.7. The lowest BCUT2D eigenvalue weighted by Gasteiger charge is -2.37. The van der Waals surface area contributed by atoms with Crippen molar-refractivity contribution in [3.05, 3.63) is 70.2 Å². The molecule has 3 aromatic rings. The zero-order chi connectivity index (χ0) is 27.0. The van der Waals surface area contributed by atoms with Gasteiger partial charge in [0.05, 0.1) is 33.3 Å². The van der Waals surface area contributed by atoms with Crippen LogP contribution in [0.5, 0.6) is 0 Å². The first kappa shape index (κ1) is 26.6. The van der Waals surface area contributed by atoms with Crippen LogP contribution < -0.4 is 10.2 Å². The van der Waals surface area contributed by atoms with E-state index in [9.17, 15) is 27.9 Å². The third kappa shape index (κ3) is 5.79. The number of rotatable bonds is 5. The second kappa shape index (κ2) is 10.2. The first-order valence-corrected chi connectivity index (χ1v) is 12.0. The Bertz CT molecular complexity index is 1460. The van der Waals surface area contributed by atoms with Gasteiger partial charge in [-0.1, -0.05) is 23.7 Å². The standard InChI is InChI=1S/C25H20ClF3N4O3S/c1-24(2,13-34)33(22(36)25(27,28)29)16-6-7-17(26)19(12-16)31-23-32-21(35)20(37-23)11-14-5-8-18-15(10-14)4-3-9-30-18/h3-12,34H,13H2,1-2H3,(H,31,32,35). The summed E-state index contributed by atoms with van der Waals surface area (Å²) < 4.78 is 40.0. The molecule has 0 fully saturated rings. The van der Waals surface area contributed by atoms with E-state index >= 15 is 0 Å². The summed E-state index contributed by atoms with van der Waals surface area (Å²) in [6, 6.07) is 13.0. The van der Waals surface area contributed by atoms with Gasteiger partial charge in [-0.2, -0.15) is 18.2 Å². The van der Waals surface area contributed by atoms with E-state index in [1.165, 1.54) is 32.0 Å². The van der Waals surface area contributed by atoms with Crippen molar-refractivity contribution in [2.45, 2.75) is 25.6 Å². The number of fused-ring (bicyclic) bond motifs is 1. The molecular formula is C25H20ClF3N4O3S. The van der Waals surface area contributed by atoms with E-state index in [1.54, 1.807) is 12.3 Å². The number of nitrogens with zero attached hydrogens (tertiary/aromatic N) is 3. The van der Waals surface area contributed by atoms with Crippen LogP contribution in [-0.4, -0.2) is 45.4 Å². The van der Waals surface area contributed by atoms with E-state index in [-0.39, 0.29) is 21.6 Å². The van der Waals surface area contributed by atoms with Crippen molar-refractivity contribution in [1.29, 1.82) is 0 Å². The molecule has 192 valence electrons. The van der Waals surface area contributed by atoms with Gasteiger partial charge in [-0.15, -0.1) is 0 Å². The van der Waals surface area contributed by atoms with Crippen LogP contribution in [0.4, 0.5) is 24.5 Å². The van der Waals surface area contributed by atoms with Crippen molar-refractivity contribution in [2.24, 2.45) is 4.99 Å². The van der Waals surface area contributed by atoms with Gasteiger partial charge >= 0.3 is 12.1 Å². The molecule has 0 unspecified atom stereocenters. The number of carbonyl (C=O) groups is 2. The summed E-state index contributed by atoms with van der Waals surface area (Å²) in [7, 11) is 0. The Hall–Kier alpha value is -3.41. The molecule has 0 saturated heterocycles. The Morgan fingerprint density at radius 1 is 1.19 bits per heavy atom. The van der Waals surface area contributed by atoms with Crippen LogP contribution in [0.25, 0.3) is 17.0 Å². The topological polar surface area (TPSA) is 94.9 Å². The Kier molecular flexibility index (Phi) is 7.31. The number of aliphatic hydroxyl groups is 1. The fourth-order valence-electron chi connectivity index (χ4n) is 3.60. The Morgan fingerprint density at radius 3 is 2.65 bits per heavy atom. The molecule has 12 heteroatoms. The number of amides is 2. The van der Waals surface area contributed by atoms with Crippen molar-refractivity contribution in [1.82, 2.24) is 4.98 Å². The fraction of sp³-hybridized carbons (Fsp3) is 0.200. The van der Waals surface area contributed by atoms with Gasteiger partial charge in [-0.3, -0.25) is 19.5 Å². The quantitative estimate of drug-likeness (QED) is 0.401. The molecule has 0 saturated carbocycles. The van der Waals surface area contributed by atoms with Crippen molar-refractivity contribution < 1.29 is 27.9 Å². The number of amidine groups is 1. The minimum atomic E-state index is -5.17. The highest BCUT2D eigenvalue weighted by Crippen LogP contribution is 2.36. The Morgan fingerprint density at radius 2 is 1.95 bits per heavy atom. The number of aliphatic imine (C=N–C) groups is 1. The summed E-state index contributed by atoms with van der Waals surface area (Å²) in [6.07, 6.45) is -1.81. The van der Waals surface area contributed by atoms with Gasteiger partial charge in [-0.05, 0) is 73.6 Å². The van der Waals surface area contributed by atoms with Gasteiger partial charge in [0.2, 0.25) is 0 Å². The number of hydrogen-bond donors (Lipinski definition) is 2. The molecule has 2 N–H and O–H groups in total. The van der Waals surface area contributed by atoms with Crippen LogP contribution in [0.3, 0.4) is 0 Å².